The Bertz CT molecular complexity index is 370. The number of piperidine rings is 1. The van der Waals surface area contributed by atoms with Gasteiger partial charge < -0.3 is 15.6 Å². The van der Waals surface area contributed by atoms with Gasteiger partial charge in [-0.3, -0.25) is 4.79 Å². The van der Waals surface area contributed by atoms with Crippen LogP contribution in [0.5, 0.6) is 0 Å². The molecule has 0 aromatic carbocycles. The summed E-state index contributed by atoms with van der Waals surface area (Å²) in [4.78, 5) is 17.1. The Labute approximate surface area is 108 Å². The molecule has 17 heavy (non-hydrogen) atoms. The molecule has 4 nitrogen and oxygen atoms in total. The monoisotopic (exact) mass is 257 g/mol. The number of nitrogens with zero attached hydrogens (tertiary/aromatic N) is 1. The van der Waals surface area contributed by atoms with Gasteiger partial charge in [-0.15, -0.1) is 12.4 Å². The first-order valence-corrected chi connectivity index (χ1v) is 5.85. The van der Waals surface area contributed by atoms with E-state index in [1.807, 2.05) is 24.1 Å². The molecule has 5 heteroatoms. The van der Waals surface area contributed by atoms with Gasteiger partial charge in [0.05, 0.1) is 5.56 Å². The minimum Gasteiger partial charge on any atom is -0.365 e. The van der Waals surface area contributed by atoms with Crippen LogP contribution in [0.3, 0.4) is 0 Å². The third-order valence-corrected chi connectivity index (χ3v) is 3.42. The molecule has 0 atom stereocenters. The number of halogens is 1. The summed E-state index contributed by atoms with van der Waals surface area (Å²) in [6.07, 6.45) is 3.88. The highest BCUT2D eigenvalue weighted by Gasteiger charge is 2.23. The number of aromatic nitrogens is 1. The minimum absolute atomic E-state index is 0. The molecule has 3 N–H and O–H groups in total. The summed E-state index contributed by atoms with van der Waals surface area (Å²) < 4.78 is 0. The summed E-state index contributed by atoms with van der Waals surface area (Å²) in [6, 6.07) is 1.85. The molecule has 1 amide bonds. The van der Waals surface area contributed by atoms with Crippen LogP contribution in [0, 0.1) is 12.8 Å². The second-order valence-electron chi connectivity index (χ2n) is 4.49. The average Bonchev–Trinajstić information content (AvgIpc) is 2.75. The van der Waals surface area contributed by atoms with Crippen molar-refractivity contribution < 1.29 is 4.79 Å². The normalized spacial score (nSPS) is 16.7. The summed E-state index contributed by atoms with van der Waals surface area (Å²) in [5.41, 5.74) is 7.38. The highest BCUT2D eigenvalue weighted by molar-refractivity contribution is 5.95. The lowest BCUT2D eigenvalue weighted by molar-refractivity contribution is 0.0693. The smallest absolute Gasteiger partial charge is 0.255 e. The van der Waals surface area contributed by atoms with Gasteiger partial charge in [0.2, 0.25) is 0 Å². The fourth-order valence-corrected chi connectivity index (χ4v) is 2.23. The topological polar surface area (TPSA) is 62.1 Å². The Morgan fingerprint density at radius 2 is 2.18 bits per heavy atom. The number of nitrogens with one attached hydrogen (secondary N) is 1. The first-order chi connectivity index (χ1) is 7.72. The number of hydrogen-bond donors (Lipinski definition) is 2. The molecule has 0 saturated carbocycles. The van der Waals surface area contributed by atoms with Crippen molar-refractivity contribution in [1.29, 1.82) is 0 Å². The van der Waals surface area contributed by atoms with Crippen molar-refractivity contribution in [3.63, 3.8) is 0 Å². The summed E-state index contributed by atoms with van der Waals surface area (Å²) >= 11 is 0. The van der Waals surface area contributed by atoms with Gasteiger partial charge >= 0.3 is 0 Å². The number of aromatic amines is 1. The molecule has 2 heterocycles. The van der Waals surface area contributed by atoms with Gasteiger partial charge in [-0.25, -0.2) is 0 Å². The maximum atomic E-state index is 12.2. The lowest BCUT2D eigenvalue weighted by Crippen LogP contribution is -2.40. The molecule has 2 rings (SSSR count). The first-order valence-electron chi connectivity index (χ1n) is 5.85. The number of H-pyrrole nitrogens is 1. The zero-order chi connectivity index (χ0) is 11.5. The van der Waals surface area contributed by atoms with Crippen molar-refractivity contribution >= 4 is 18.3 Å². The third kappa shape index (κ3) is 3.01. The van der Waals surface area contributed by atoms with Crippen molar-refractivity contribution in [1.82, 2.24) is 9.88 Å². The molecule has 1 aromatic heterocycles. The van der Waals surface area contributed by atoms with Gasteiger partial charge in [0, 0.05) is 25.0 Å². The lowest BCUT2D eigenvalue weighted by atomic mass is 9.96. The molecular weight excluding hydrogens is 238 g/mol. The zero-order valence-corrected chi connectivity index (χ0v) is 10.9. The van der Waals surface area contributed by atoms with E-state index in [1.165, 1.54) is 0 Å². The van der Waals surface area contributed by atoms with Crippen LogP contribution in [0.1, 0.15) is 28.9 Å². The van der Waals surface area contributed by atoms with E-state index in [9.17, 15) is 4.79 Å². The predicted octanol–water partition coefficient (Wildman–Crippen LogP) is 1.56. The molecule has 1 fully saturated rings. The minimum atomic E-state index is 0. The second kappa shape index (κ2) is 6.07. The van der Waals surface area contributed by atoms with Crippen LogP contribution in [-0.2, 0) is 0 Å². The Morgan fingerprint density at radius 3 is 2.65 bits per heavy atom. The third-order valence-electron chi connectivity index (χ3n) is 3.42. The highest BCUT2D eigenvalue weighted by Crippen LogP contribution is 2.18. The maximum Gasteiger partial charge on any atom is 0.255 e. The zero-order valence-electron chi connectivity index (χ0n) is 10.1. The fraction of sp³-hybridized carbons (Fsp3) is 0.583. The number of amides is 1. The van der Waals surface area contributed by atoms with Gasteiger partial charge in [-0.05, 0) is 38.3 Å². The van der Waals surface area contributed by atoms with Crippen LogP contribution in [0.4, 0.5) is 0 Å². The van der Waals surface area contributed by atoms with Crippen molar-refractivity contribution in [2.45, 2.75) is 19.8 Å². The number of nitrogens with two attached hydrogens (primary N) is 1. The van der Waals surface area contributed by atoms with Gasteiger partial charge in [0.25, 0.3) is 5.91 Å². The lowest BCUT2D eigenvalue weighted by Gasteiger charge is -2.31. The van der Waals surface area contributed by atoms with Crippen LogP contribution < -0.4 is 5.73 Å². The molecule has 1 aliphatic heterocycles. The number of carbonyl (C=O) groups is 1. The van der Waals surface area contributed by atoms with Crippen LogP contribution in [0.2, 0.25) is 0 Å². The summed E-state index contributed by atoms with van der Waals surface area (Å²) in [6.45, 7) is 4.35. The Kier molecular flexibility index (Phi) is 5.02. The van der Waals surface area contributed by atoms with E-state index < -0.39 is 0 Å². The maximum absolute atomic E-state index is 12.2. The summed E-state index contributed by atoms with van der Waals surface area (Å²) in [7, 11) is 0. The molecule has 0 bridgehead atoms. The van der Waals surface area contributed by atoms with Crippen molar-refractivity contribution in [2.24, 2.45) is 11.7 Å². The molecule has 1 aromatic rings. The average molecular weight is 258 g/mol. The molecule has 1 aliphatic rings. The number of rotatable bonds is 2. The highest BCUT2D eigenvalue weighted by atomic mass is 35.5. The quantitative estimate of drug-likeness (QED) is 0.845. The van der Waals surface area contributed by atoms with Crippen molar-refractivity contribution in [2.75, 3.05) is 19.6 Å². The van der Waals surface area contributed by atoms with E-state index in [0.717, 1.165) is 43.7 Å². The van der Waals surface area contributed by atoms with Gasteiger partial charge in [-0.2, -0.15) is 0 Å². The van der Waals surface area contributed by atoms with E-state index in [0.29, 0.717) is 5.92 Å². The standard InChI is InChI=1S/C12H19N3O.ClH/c1-9-11(2-5-14-9)12(16)15-6-3-10(8-13)4-7-15;/h2,5,10,14H,3-4,6-8,13H2,1H3;1H. The molecular formula is C12H20ClN3O. The van der Waals surface area contributed by atoms with Crippen LogP contribution in [-0.4, -0.2) is 35.4 Å². The van der Waals surface area contributed by atoms with E-state index in [2.05, 4.69) is 4.98 Å². The van der Waals surface area contributed by atoms with Crippen molar-refractivity contribution in [3.8, 4) is 0 Å². The molecule has 0 unspecified atom stereocenters. The summed E-state index contributed by atoms with van der Waals surface area (Å²) in [5, 5.41) is 0. The van der Waals surface area contributed by atoms with Crippen molar-refractivity contribution in [3.05, 3.63) is 23.5 Å². The number of hydrogen-bond acceptors (Lipinski definition) is 2. The molecule has 96 valence electrons. The van der Waals surface area contributed by atoms with Crippen LogP contribution in [0.15, 0.2) is 12.3 Å². The fourth-order valence-electron chi connectivity index (χ4n) is 2.23. The molecule has 1 saturated heterocycles. The van der Waals surface area contributed by atoms with Gasteiger partial charge in [-0.1, -0.05) is 0 Å². The molecule has 0 radical (unpaired) electrons. The SMILES string of the molecule is Cc1[nH]ccc1C(=O)N1CCC(CN)CC1.Cl. The largest absolute Gasteiger partial charge is 0.365 e. The van der Waals surface area contributed by atoms with Crippen LogP contribution >= 0.6 is 12.4 Å². The van der Waals surface area contributed by atoms with Gasteiger partial charge in [0.1, 0.15) is 0 Å². The van der Waals surface area contributed by atoms with E-state index >= 15 is 0 Å². The molecule has 0 spiro atoms. The Morgan fingerprint density at radius 1 is 1.53 bits per heavy atom. The van der Waals surface area contributed by atoms with Crippen LogP contribution in [0.25, 0.3) is 0 Å². The number of likely N-dealkylation sites (tertiary alicyclic amines) is 1. The Hall–Kier alpha value is -1.00. The van der Waals surface area contributed by atoms with Gasteiger partial charge in [0.15, 0.2) is 0 Å². The number of aryl methyl sites for hydroxylation is 1. The second-order valence-corrected chi connectivity index (χ2v) is 4.49. The van der Waals surface area contributed by atoms with E-state index in [-0.39, 0.29) is 18.3 Å². The van der Waals surface area contributed by atoms with E-state index in [1.54, 1.807) is 0 Å². The van der Waals surface area contributed by atoms with E-state index in [4.69, 9.17) is 5.73 Å². The summed E-state index contributed by atoms with van der Waals surface area (Å²) in [5.74, 6) is 0.741. The molecule has 0 aliphatic carbocycles. The predicted molar refractivity (Wildman–Crippen MR) is 70.5 cm³/mol. The first kappa shape index (κ1) is 14.1. The Balaban J connectivity index is 0.00000144. The number of carbonyl (C=O) groups excluding carboxylic acids is 1.